The van der Waals surface area contributed by atoms with Crippen LogP contribution in [-0.2, 0) is 0 Å². The van der Waals surface area contributed by atoms with Crippen LogP contribution < -0.4 is 11.0 Å². The van der Waals surface area contributed by atoms with Gasteiger partial charge in [-0.05, 0) is 26.5 Å². The van der Waals surface area contributed by atoms with Crippen LogP contribution in [0.15, 0.2) is 30.0 Å². The van der Waals surface area contributed by atoms with Crippen molar-refractivity contribution in [3.8, 4) is 0 Å². The van der Waals surface area contributed by atoms with Crippen LogP contribution in [0.4, 0.5) is 0 Å². The highest BCUT2D eigenvalue weighted by Crippen LogP contribution is 1.96. The molecule has 0 unspecified atom stereocenters. The van der Waals surface area contributed by atoms with Crippen molar-refractivity contribution >= 4 is 0 Å². The minimum absolute atomic E-state index is 0.896. The summed E-state index contributed by atoms with van der Waals surface area (Å²) in [5.41, 5.74) is 10.0. The highest BCUT2D eigenvalue weighted by Gasteiger charge is 2.01. The maximum absolute atomic E-state index is 3.52. The second kappa shape index (κ2) is 8.73. The molecule has 0 heterocycles. The van der Waals surface area contributed by atoms with E-state index in [-0.39, 0.29) is 0 Å². The second-order valence-electron chi connectivity index (χ2n) is 3.17. The molecule has 0 saturated carbocycles. The molecule has 0 spiro atoms. The Labute approximate surface area is 87.1 Å². The summed E-state index contributed by atoms with van der Waals surface area (Å²) < 4.78 is 0. The molecular formula is C11H21N3. The Morgan fingerprint density at radius 2 is 2.29 bits per heavy atom. The minimum Gasteiger partial charge on any atom is -0.247 e. The van der Waals surface area contributed by atoms with Crippen molar-refractivity contribution in [3.05, 3.63) is 30.0 Å². The largest absolute Gasteiger partial charge is 0.247 e. The van der Waals surface area contributed by atoms with E-state index in [4.69, 9.17) is 0 Å². The van der Waals surface area contributed by atoms with Gasteiger partial charge in [-0.15, -0.1) is 5.73 Å². The predicted octanol–water partition coefficient (Wildman–Crippen LogP) is 1.62. The van der Waals surface area contributed by atoms with Crippen molar-refractivity contribution in [1.82, 2.24) is 16.0 Å². The monoisotopic (exact) mass is 195 g/mol. The Hall–Kier alpha value is -0.860. The molecule has 80 valence electrons. The third kappa shape index (κ3) is 6.63. The molecule has 0 aromatic heterocycles. The molecule has 0 aromatic rings. The molecule has 0 bridgehead atoms. The molecule has 0 aliphatic heterocycles. The van der Waals surface area contributed by atoms with Crippen LogP contribution in [-0.4, -0.2) is 25.1 Å². The normalized spacial score (nSPS) is 11.6. The molecule has 0 atom stereocenters. The van der Waals surface area contributed by atoms with Gasteiger partial charge in [0.2, 0.25) is 0 Å². The SMILES string of the molecule is C=C=C/C=C(\C)CN(CCC)NNC. The Bertz CT molecular complexity index is 209. The standard InChI is InChI=1S/C11H21N3/c1-5-7-8-11(3)10-14(9-6-2)13-12-4/h7-8,12-13H,1,6,9-10H2,2-4H3/b11-8+. The maximum Gasteiger partial charge on any atom is 0.0355 e. The molecule has 2 N–H and O–H groups in total. The van der Waals surface area contributed by atoms with E-state index in [9.17, 15) is 0 Å². The summed E-state index contributed by atoms with van der Waals surface area (Å²) in [6.45, 7) is 9.68. The molecule has 0 rings (SSSR count). The van der Waals surface area contributed by atoms with Gasteiger partial charge in [-0.2, -0.15) is 5.53 Å². The summed E-state index contributed by atoms with van der Waals surface area (Å²) in [5.74, 6) is 0. The van der Waals surface area contributed by atoms with Crippen LogP contribution >= 0.6 is 0 Å². The molecular weight excluding hydrogens is 174 g/mol. The van der Waals surface area contributed by atoms with E-state index in [0.29, 0.717) is 0 Å². The van der Waals surface area contributed by atoms with Gasteiger partial charge in [-0.25, -0.2) is 10.4 Å². The fourth-order valence-corrected chi connectivity index (χ4v) is 1.16. The number of nitrogens with zero attached hydrogens (tertiary/aromatic N) is 1. The molecule has 0 amide bonds. The summed E-state index contributed by atoms with van der Waals surface area (Å²) in [6, 6.07) is 0. The number of hydrogen-bond acceptors (Lipinski definition) is 3. The number of hydrogen-bond donors (Lipinski definition) is 2. The third-order valence-electron chi connectivity index (χ3n) is 1.69. The first-order valence-electron chi connectivity index (χ1n) is 4.93. The Kier molecular flexibility index (Phi) is 8.19. The zero-order valence-electron chi connectivity index (χ0n) is 9.43. The average molecular weight is 195 g/mol. The van der Waals surface area contributed by atoms with Gasteiger partial charge in [-0.3, -0.25) is 0 Å². The number of nitrogens with one attached hydrogen (secondary N) is 2. The lowest BCUT2D eigenvalue weighted by Crippen LogP contribution is -2.46. The van der Waals surface area contributed by atoms with Crippen molar-refractivity contribution in [3.63, 3.8) is 0 Å². The zero-order chi connectivity index (χ0) is 10.8. The number of allylic oxidation sites excluding steroid dienone is 2. The predicted molar refractivity (Wildman–Crippen MR) is 61.5 cm³/mol. The number of rotatable bonds is 7. The molecule has 0 saturated heterocycles. The summed E-state index contributed by atoms with van der Waals surface area (Å²) in [5, 5.41) is 2.13. The molecule has 0 fully saturated rings. The lowest BCUT2D eigenvalue weighted by molar-refractivity contribution is 0.175. The first kappa shape index (κ1) is 13.1. The number of hydrazine groups is 2. The fourth-order valence-electron chi connectivity index (χ4n) is 1.16. The Morgan fingerprint density at radius 3 is 2.79 bits per heavy atom. The molecule has 3 nitrogen and oxygen atoms in total. The van der Waals surface area contributed by atoms with E-state index >= 15 is 0 Å². The third-order valence-corrected chi connectivity index (χ3v) is 1.69. The highest BCUT2D eigenvalue weighted by molar-refractivity contribution is 5.10. The summed E-state index contributed by atoms with van der Waals surface area (Å²) in [7, 11) is 1.87. The first-order chi connectivity index (χ1) is 6.74. The van der Waals surface area contributed by atoms with E-state index in [1.165, 1.54) is 5.57 Å². The fraction of sp³-hybridized carbons (Fsp3) is 0.545. The Morgan fingerprint density at radius 1 is 1.57 bits per heavy atom. The van der Waals surface area contributed by atoms with Gasteiger partial charge in [0.05, 0.1) is 0 Å². The molecule has 0 radical (unpaired) electrons. The summed E-state index contributed by atoms with van der Waals surface area (Å²) >= 11 is 0. The maximum atomic E-state index is 3.52. The van der Waals surface area contributed by atoms with Crippen molar-refractivity contribution in [2.45, 2.75) is 20.3 Å². The summed E-state index contributed by atoms with van der Waals surface area (Å²) in [4.78, 5) is 0. The molecule has 14 heavy (non-hydrogen) atoms. The molecule has 0 aromatic carbocycles. The van der Waals surface area contributed by atoms with Crippen LogP contribution in [0.3, 0.4) is 0 Å². The van der Waals surface area contributed by atoms with Crippen LogP contribution in [0.1, 0.15) is 20.3 Å². The van der Waals surface area contributed by atoms with Crippen molar-refractivity contribution in [2.75, 3.05) is 20.1 Å². The molecule has 0 aliphatic carbocycles. The quantitative estimate of drug-likeness (QED) is 0.367. The average Bonchev–Trinajstić information content (AvgIpc) is 2.15. The van der Waals surface area contributed by atoms with E-state index in [1.807, 2.05) is 19.2 Å². The molecule has 0 aliphatic rings. The Balaban J connectivity index is 4.06. The zero-order valence-corrected chi connectivity index (χ0v) is 9.43. The van der Waals surface area contributed by atoms with E-state index in [2.05, 4.69) is 42.1 Å². The van der Waals surface area contributed by atoms with Crippen molar-refractivity contribution < 1.29 is 0 Å². The van der Waals surface area contributed by atoms with Crippen molar-refractivity contribution in [2.24, 2.45) is 0 Å². The van der Waals surface area contributed by atoms with Gasteiger partial charge < -0.3 is 0 Å². The topological polar surface area (TPSA) is 27.3 Å². The highest BCUT2D eigenvalue weighted by atomic mass is 15.7. The van der Waals surface area contributed by atoms with Crippen LogP contribution in [0.25, 0.3) is 0 Å². The van der Waals surface area contributed by atoms with Gasteiger partial charge in [0.1, 0.15) is 0 Å². The van der Waals surface area contributed by atoms with Crippen LogP contribution in [0.2, 0.25) is 0 Å². The van der Waals surface area contributed by atoms with Gasteiger partial charge in [0.25, 0.3) is 0 Å². The van der Waals surface area contributed by atoms with Gasteiger partial charge >= 0.3 is 0 Å². The van der Waals surface area contributed by atoms with E-state index in [1.54, 1.807) is 0 Å². The van der Waals surface area contributed by atoms with Gasteiger partial charge in [0, 0.05) is 13.1 Å². The smallest absolute Gasteiger partial charge is 0.0355 e. The van der Waals surface area contributed by atoms with E-state index < -0.39 is 0 Å². The van der Waals surface area contributed by atoms with Crippen LogP contribution in [0, 0.1) is 0 Å². The summed E-state index contributed by atoms with van der Waals surface area (Å²) in [6.07, 6.45) is 4.98. The minimum atomic E-state index is 0.896. The van der Waals surface area contributed by atoms with Gasteiger partial charge in [-0.1, -0.05) is 25.2 Å². The molecule has 3 heteroatoms. The van der Waals surface area contributed by atoms with Crippen LogP contribution in [0.5, 0.6) is 0 Å². The van der Waals surface area contributed by atoms with Gasteiger partial charge in [0.15, 0.2) is 0 Å². The first-order valence-corrected chi connectivity index (χ1v) is 4.93. The van der Waals surface area contributed by atoms with E-state index in [0.717, 1.165) is 19.5 Å². The second-order valence-corrected chi connectivity index (χ2v) is 3.17. The lowest BCUT2D eigenvalue weighted by Gasteiger charge is -2.22. The lowest BCUT2D eigenvalue weighted by atomic mass is 10.2. The van der Waals surface area contributed by atoms with Crippen molar-refractivity contribution in [1.29, 1.82) is 0 Å².